The van der Waals surface area contributed by atoms with Gasteiger partial charge in [-0.1, -0.05) is 13.8 Å². The van der Waals surface area contributed by atoms with Crippen LogP contribution in [-0.4, -0.2) is 48.0 Å². The average Bonchev–Trinajstić information content (AvgIpc) is 2.34. The summed E-state index contributed by atoms with van der Waals surface area (Å²) in [5.74, 6) is 0.838. The Bertz CT molecular complexity index is 447. The van der Waals surface area contributed by atoms with Gasteiger partial charge in [0.15, 0.2) is 0 Å². The van der Waals surface area contributed by atoms with E-state index in [2.05, 4.69) is 25.6 Å². The Morgan fingerprint density at radius 1 is 1.21 bits per heavy atom. The fourth-order valence-corrected chi connectivity index (χ4v) is 1.45. The molecule has 1 amide bonds. The second kappa shape index (κ2) is 6.17. The number of carbonyl (C=O) groups excluding carboxylic acids is 1. The molecule has 0 radical (unpaired) electrons. The van der Waals surface area contributed by atoms with Gasteiger partial charge in [0.05, 0.1) is 0 Å². The highest BCUT2D eigenvalue weighted by molar-refractivity contribution is 5.82. The van der Waals surface area contributed by atoms with E-state index in [1.807, 2.05) is 27.9 Å². The third-order valence-electron chi connectivity index (χ3n) is 2.51. The summed E-state index contributed by atoms with van der Waals surface area (Å²) in [7, 11) is 5.37. The highest BCUT2D eigenvalue weighted by atomic mass is 16.1. The molecule has 4 N–H and O–H groups in total. The molecular weight excluding hydrogens is 246 g/mol. The van der Waals surface area contributed by atoms with Crippen LogP contribution in [0.2, 0.25) is 0 Å². The molecular formula is C11H21N7O. The predicted molar refractivity (Wildman–Crippen MR) is 75.1 cm³/mol. The molecule has 0 aromatic carbocycles. The summed E-state index contributed by atoms with van der Waals surface area (Å²) in [6, 6.07) is -0.526. The van der Waals surface area contributed by atoms with E-state index < -0.39 is 11.9 Å². The second-order valence-electron chi connectivity index (χ2n) is 4.70. The molecule has 8 nitrogen and oxygen atoms in total. The summed E-state index contributed by atoms with van der Waals surface area (Å²) in [5.41, 5.74) is 5.36. The number of nitrogens with one attached hydrogen (secondary N) is 2. The zero-order valence-corrected chi connectivity index (χ0v) is 11.9. The number of carbonyl (C=O) groups is 1. The van der Waals surface area contributed by atoms with Gasteiger partial charge in [-0.25, -0.2) is 0 Å². The average molecular weight is 267 g/mol. The van der Waals surface area contributed by atoms with E-state index in [1.165, 1.54) is 0 Å². The Balaban J connectivity index is 3.05. The number of hydrogen-bond acceptors (Lipinski definition) is 7. The number of primary amides is 1. The van der Waals surface area contributed by atoms with Crippen molar-refractivity contribution in [1.82, 2.24) is 15.0 Å². The van der Waals surface area contributed by atoms with Crippen molar-refractivity contribution in [2.45, 2.75) is 19.9 Å². The predicted octanol–water partition coefficient (Wildman–Crippen LogP) is -0.0989. The Hall–Kier alpha value is -2.12. The van der Waals surface area contributed by atoms with Crippen LogP contribution in [0.15, 0.2) is 0 Å². The summed E-state index contributed by atoms with van der Waals surface area (Å²) in [5, 5.41) is 5.79. The maximum atomic E-state index is 11.4. The second-order valence-corrected chi connectivity index (χ2v) is 4.70. The molecule has 0 fully saturated rings. The molecule has 0 spiro atoms. The van der Waals surface area contributed by atoms with Crippen LogP contribution in [0.1, 0.15) is 13.8 Å². The first kappa shape index (κ1) is 14.9. The third-order valence-corrected chi connectivity index (χ3v) is 2.51. The van der Waals surface area contributed by atoms with Gasteiger partial charge in [-0.05, 0) is 5.92 Å². The molecule has 0 bridgehead atoms. The lowest BCUT2D eigenvalue weighted by atomic mass is 10.0. The van der Waals surface area contributed by atoms with Crippen LogP contribution < -0.4 is 21.3 Å². The maximum absolute atomic E-state index is 11.4. The summed E-state index contributed by atoms with van der Waals surface area (Å²) in [6.07, 6.45) is 0. The minimum absolute atomic E-state index is 0.0371. The molecule has 0 aliphatic rings. The van der Waals surface area contributed by atoms with E-state index >= 15 is 0 Å². The molecule has 0 aliphatic carbocycles. The van der Waals surface area contributed by atoms with Gasteiger partial charge in [-0.2, -0.15) is 15.0 Å². The van der Waals surface area contributed by atoms with E-state index in [4.69, 9.17) is 5.73 Å². The van der Waals surface area contributed by atoms with Gasteiger partial charge in [0.25, 0.3) is 0 Å². The molecule has 8 heteroatoms. The normalized spacial score (nSPS) is 12.1. The van der Waals surface area contributed by atoms with Gasteiger partial charge in [-0.3, -0.25) is 4.79 Å². The number of hydrogen-bond donors (Lipinski definition) is 3. The molecule has 0 aliphatic heterocycles. The number of aromatic nitrogens is 3. The molecule has 106 valence electrons. The van der Waals surface area contributed by atoms with Gasteiger partial charge in [0.2, 0.25) is 23.8 Å². The lowest BCUT2D eigenvalue weighted by Crippen LogP contribution is -2.40. The highest BCUT2D eigenvalue weighted by Gasteiger charge is 2.21. The molecule has 19 heavy (non-hydrogen) atoms. The molecule has 1 unspecified atom stereocenters. The summed E-state index contributed by atoms with van der Waals surface area (Å²) in [4.78, 5) is 25.7. The van der Waals surface area contributed by atoms with E-state index in [0.29, 0.717) is 17.8 Å². The van der Waals surface area contributed by atoms with Crippen LogP contribution in [0.5, 0.6) is 0 Å². The summed E-state index contributed by atoms with van der Waals surface area (Å²) in [6.45, 7) is 3.80. The molecule has 1 aromatic rings. The number of nitrogens with zero attached hydrogens (tertiary/aromatic N) is 4. The Kier molecular flexibility index (Phi) is 4.85. The van der Waals surface area contributed by atoms with E-state index in [9.17, 15) is 4.79 Å². The monoisotopic (exact) mass is 267 g/mol. The quantitative estimate of drug-likeness (QED) is 0.660. The molecule has 0 saturated heterocycles. The van der Waals surface area contributed by atoms with Crippen LogP contribution in [0.4, 0.5) is 17.8 Å². The van der Waals surface area contributed by atoms with Crippen molar-refractivity contribution in [3.8, 4) is 0 Å². The Morgan fingerprint density at radius 2 is 1.79 bits per heavy atom. The fraction of sp³-hybridized carbons (Fsp3) is 0.636. The Labute approximate surface area is 112 Å². The molecule has 0 saturated carbocycles. The molecule has 1 heterocycles. The number of rotatable bonds is 6. The smallest absolute Gasteiger partial charge is 0.240 e. The van der Waals surface area contributed by atoms with Gasteiger partial charge >= 0.3 is 0 Å². The van der Waals surface area contributed by atoms with Crippen molar-refractivity contribution < 1.29 is 4.79 Å². The van der Waals surface area contributed by atoms with Crippen molar-refractivity contribution in [3.05, 3.63) is 0 Å². The van der Waals surface area contributed by atoms with Crippen LogP contribution in [-0.2, 0) is 4.79 Å². The van der Waals surface area contributed by atoms with Gasteiger partial charge < -0.3 is 21.3 Å². The van der Waals surface area contributed by atoms with Crippen molar-refractivity contribution in [3.63, 3.8) is 0 Å². The zero-order valence-electron chi connectivity index (χ0n) is 11.9. The van der Waals surface area contributed by atoms with Crippen LogP contribution >= 0.6 is 0 Å². The van der Waals surface area contributed by atoms with E-state index in [-0.39, 0.29) is 5.92 Å². The number of amides is 1. The lowest BCUT2D eigenvalue weighted by Gasteiger charge is -2.20. The van der Waals surface area contributed by atoms with Crippen LogP contribution in [0.3, 0.4) is 0 Å². The minimum atomic E-state index is -0.526. The first-order valence-electron chi connectivity index (χ1n) is 6.02. The van der Waals surface area contributed by atoms with Crippen molar-refractivity contribution in [2.75, 3.05) is 36.7 Å². The fourth-order valence-electron chi connectivity index (χ4n) is 1.45. The van der Waals surface area contributed by atoms with Crippen LogP contribution in [0, 0.1) is 5.92 Å². The van der Waals surface area contributed by atoms with E-state index in [1.54, 1.807) is 11.9 Å². The number of anilines is 3. The van der Waals surface area contributed by atoms with Gasteiger partial charge in [-0.15, -0.1) is 0 Å². The Morgan fingerprint density at radius 3 is 2.21 bits per heavy atom. The van der Waals surface area contributed by atoms with E-state index in [0.717, 1.165) is 0 Å². The van der Waals surface area contributed by atoms with Crippen LogP contribution in [0.25, 0.3) is 0 Å². The molecule has 1 rings (SSSR count). The van der Waals surface area contributed by atoms with Crippen molar-refractivity contribution in [1.29, 1.82) is 0 Å². The summed E-state index contributed by atoms with van der Waals surface area (Å²) < 4.78 is 0. The standard InChI is InChI=1S/C11H21N7O/c1-6(2)7(8(12)19)14-10-15-9(13-3)16-11(17-10)18(4)5/h6-7H,1-5H3,(H2,12,19)(H2,13,14,15,16,17). The number of nitrogens with two attached hydrogens (primary N) is 1. The van der Waals surface area contributed by atoms with Gasteiger partial charge in [0.1, 0.15) is 6.04 Å². The topological polar surface area (TPSA) is 109 Å². The largest absolute Gasteiger partial charge is 0.368 e. The highest BCUT2D eigenvalue weighted by Crippen LogP contribution is 2.14. The maximum Gasteiger partial charge on any atom is 0.240 e. The first-order valence-corrected chi connectivity index (χ1v) is 6.02. The molecule has 1 aromatic heterocycles. The van der Waals surface area contributed by atoms with Gasteiger partial charge in [0, 0.05) is 21.1 Å². The lowest BCUT2D eigenvalue weighted by molar-refractivity contribution is -0.119. The third kappa shape index (κ3) is 3.94. The zero-order chi connectivity index (χ0) is 14.6. The van der Waals surface area contributed by atoms with Crippen molar-refractivity contribution >= 4 is 23.8 Å². The minimum Gasteiger partial charge on any atom is -0.368 e. The summed E-state index contributed by atoms with van der Waals surface area (Å²) >= 11 is 0. The SMILES string of the molecule is CNc1nc(NC(C(N)=O)C(C)C)nc(N(C)C)n1. The molecule has 1 atom stereocenters. The van der Waals surface area contributed by atoms with Crippen molar-refractivity contribution in [2.24, 2.45) is 11.7 Å². The first-order chi connectivity index (χ1) is 8.85.